The Morgan fingerprint density at radius 3 is 2.14 bits per heavy atom. The van der Waals surface area contributed by atoms with Crippen molar-refractivity contribution in [1.29, 1.82) is 0 Å². The van der Waals surface area contributed by atoms with E-state index >= 15 is 0 Å². The molecule has 0 aromatic heterocycles. The van der Waals surface area contributed by atoms with E-state index in [1.807, 2.05) is 0 Å². The topological polar surface area (TPSA) is 55.2 Å². The van der Waals surface area contributed by atoms with Gasteiger partial charge in [-0.2, -0.15) is 0 Å². The van der Waals surface area contributed by atoms with E-state index in [9.17, 15) is 10.1 Å². The number of anilines is 1. The van der Waals surface area contributed by atoms with Gasteiger partial charge in [-0.3, -0.25) is 10.1 Å². The summed E-state index contributed by atoms with van der Waals surface area (Å²) in [5, 5.41) is 14.1. The summed E-state index contributed by atoms with van der Waals surface area (Å²) in [7, 11) is 0. The summed E-state index contributed by atoms with van der Waals surface area (Å²) in [6, 6.07) is 15.3. The van der Waals surface area contributed by atoms with Crippen molar-refractivity contribution >= 4 is 11.4 Å². The second-order valence-electron chi connectivity index (χ2n) is 5.00. The third-order valence-corrected chi connectivity index (χ3v) is 3.62. The number of benzene rings is 2. The van der Waals surface area contributed by atoms with E-state index in [0.717, 1.165) is 18.5 Å². The van der Waals surface area contributed by atoms with Crippen LogP contribution in [-0.4, -0.2) is 4.92 Å². The largest absolute Gasteiger partial charge is 0.378 e. The molecule has 0 saturated carbocycles. The average Bonchev–Trinajstić information content (AvgIpc) is 2.53. The Morgan fingerprint density at radius 2 is 1.67 bits per heavy atom. The van der Waals surface area contributed by atoms with Crippen molar-refractivity contribution in [2.24, 2.45) is 0 Å². The van der Waals surface area contributed by atoms with Crippen LogP contribution in [0.25, 0.3) is 0 Å². The van der Waals surface area contributed by atoms with Crippen molar-refractivity contribution in [2.75, 3.05) is 5.32 Å². The number of nitro benzene ring substituents is 1. The highest BCUT2D eigenvalue weighted by Gasteiger charge is 2.10. The van der Waals surface area contributed by atoms with E-state index in [-0.39, 0.29) is 16.7 Å². The number of rotatable bonds is 6. The first-order valence-corrected chi connectivity index (χ1v) is 7.23. The zero-order valence-electron chi connectivity index (χ0n) is 12.4. The Balaban J connectivity index is 2.12. The van der Waals surface area contributed by atoms with Gasteiger partial charge in [-0.25, -0.2) is 0 Å². The smallest absolute Gasteiger partial charge is 0.269 e. The minimum absolute atomic E-state index is 0.112. The highest BCUT2D eigenvalue weighted by molar-refractivity contribution is 5.50. The number of nitrogens with one attached hydrogen (secondary N) is 1. The Kier molecular flexibility index (Phi) is 4.93. The molecule has 0 saturated heterocycles. The van der Waals surface area contributed by atoms with Gasteiger partial charge in [0.1, 0.15) is 0 Å². The maximum atomic E-state index is 10.7. The van der Waals surface area contributed by atoms with Crippen LogP contribution in [0.3, 0.4) is 0 Å². The fourth-order valence-electron chi connectivity index (χ4n) is 2.29. The van der Waals surface area contributed by atoms with Crippen molar-refractivity contribution in [3.8, 4) is 0 Å². The molecule has 0 spiro atoms. The molecule has 0 radical (unpaired) electrons. The Morgan fingerprint density at radius 1 is 1.05 bits per heavy atom. The number of nitrogens with zero attached hydrogens (tertiary/aromatic N) is 1. The molecular weight excluding hydrogens is 264 g/mol. The van der Waals surface area contributed by atoms with Crippen LogP contribution in [0.1, 0.15) is 37.4 Å². The first kappa shape index (κ1) is 15.0. The summed E-state index contributed by atoms with van der Waals surface area (Å²) in [5.41, 5.74) is 3.56. The number of hydrogen-bond donors (Lipinski definition) is 1. The van der Waals surface area contributed by atoms with Crippen molar-refractivity contribution in [1.82, 2.24) is 0 Å². The Bertz CT molecular complexity index is 591. The molecule has 0 aliphatic carbocycles. The second kappa shape index (κ2) is 6.88. The second-order valence-corrected chi connectivity index (χ2v) is 5.00. The maximum absolute atomic E-state index is 10.7. The quantitative estimate of drug-likeness (QED) is 0.616. The molecule has 4 nitrogen and oxygen atoms in total. The SMILES string of the molecule is CCc1ccc(C(CC)Nc2ccc([N+](=O)[O-])cc2)cc1. The molecule has 1 unspecified atom stereocenters. The molecule has 1 atom stereocenters. The zero-order valence-corrected chi connectivity index (χ0v) is 12.4. The van der Waals surface area contributed by atoms with Crippen molar-refractivity contribution in [3.63, 3.8) is 0 Å². The van der Waals surface area contributed by atoms with Crippen LogP contribution in [0.4, 0.5) is 11.4 Å². The van der Waals surface area contributed by atoms with Crippen LogP contribution >= 0.6 is 0 Å². The highest BCUT2D eigenvalue weighted by Crippen LogP contribution is 2.24. The maximum Gasteiger partial charge on any atom is 0.269 e. The first-order chi connectivity index (χ1) is 10.1. The normalized spacial score (nSPS) is 11.9. The van der Waals surface area contributed by atoms with E-state index in [2.05, 4.69) is 43.4 Å². The van der Waals surface area contributed by atoms with Gasteiger partial charge in [-0.15, -0.1) is 0 Å². The van der Waals surface area contributed by atoms with E-state index in [1.165, 1.54) is 23.3 Å². The van der Waals surface area contributed by atoms with E-state index in [1.54, 1.807) is 12.1 Å². The van der Waals surface area contributed by atoms with Gasteiger partial charge in [-0.05, 0) is 36.1 Å². The molecule has 2 rings (SSSR count). The van der Waals surface area contributed by atoms with Crippen LogP contribution in [0, 0.1) is 10.1 Å². The fourth-order valence-corrected chi connectivity index (χ4v) is 2.29. The van der Waals surface area contributed by atoms with Gasteiger partial charge in [0.25, 0.3) is 5.69 Å². The minimum atomic E-state index is -0.384. The van der Waals surface area contributed by atoms with Gasteiger partial charge in [0.05, 0.1) is 11.0 Å². The van der Waals surface area contributed by atoms with Gasteiger partial charge >= 0.3 is 0 Å². The van der Waals surface area contributed by atoms with Gasteiger partial charge in [0, 0.05) is 17.8 Å². The van der Waals surface area contributed by atoms with Gasteiger partial charge < -0.3 is 5.32 Å². The van der Waals surface area contributed by atoms with Crippen molar-refractivity contribution in [3.05, 3.63) is 69.8 Å². The molecular formula is C17H20N2O2. The highest BCUT2D eigenvalue weighted by atomic mass is 16.6. The lowest BCUT2D eigenvalue weighted by atomic mass is 10.0. The molecule has 0 aliphatic heterocycles. The number of aryl methyl sites for hydroxylation is 1. The molecule has 0 fully saturated rings. The first-order valence-electron chi connectivity index (χ1n) is 7.23. The lowest BCUT2D eigenvalue weighted by Gasteiger charge is -2.19. The summed E-state index contributed by atoms with van der Waals surface area (Å²) in [6.07, 6.45) is 1.98. The van der Waals surface area contributed by atoms with Crippen LogP contribution < -0.4 is 5.32 Å². The van der Waals surface area contributed by atoms with E-state index in [4.69, 9.17) is 0 Å². The molecule has 2 aromatic rings. The third kappa shape index (κ3) is 3.81. The van der Waals surface area contributed by atoms with E-state index < -0.39 is 0 Å². The summed E-state index contributed by atoms with van der Waals surface area (Å²) in [5.74, 6) is 0. The summed E-state index contributed by atoms with van der Waals surface area (Å²) >= 11 is 0. The number of non-ortho nitro benzene ring substituents is 1. The lowest BCUT2D eigenvalue weighted by molar-refractivity contribution is -0.384. The molecule has 1 N–H and O–H groups in total. The van der Waals surface area contributed by atoms with Gasteiger partial charge in [-0.1, -0.05) is 38.1 Å². The van der Waals surface area contributed by atoms with Crippen molar-refractivity contribution < 1.29 is 4.92 Å². The van der Waals surface area contributed by atoms with Crippen LogP contribution in [0.5, 0.6) is 0 Å². The fraction of sp³-hybridized carbons (Fsp3) is 0.294. The lowest BCUT2D eigenvalue weighted by Crippen LogP contribution is -2.09. The zero-order chi connectivity index (χ0) is 15.2. The molecule has 2 aromatic carbocycles. The molecule has 0 amide bonds. The predicted molar refractivity (Wildman–Crippen MR) is 85.6 cm³/mol. The third-order valence-electron chi connectivity index (χ3n) is 3.62. The summed E-state index contributed by atoms with van der Waals surface area (Å²) < 4.78 is 0. The summed E-state index contributed by atoms with van der Waals surface area (Å²) in [4.78, 5) is 10.3. The Hall–Kier alpha value is -2.36. The van der Waals surface area contributed by atoms with Crippen LogP contribution in [0.2, 0.25) is 0 Å². The molecule has 0 heterocycles. The van der Waals surface area contributed by atoms with Crippen LogP contribution in [0.15, 0.2) is 48.5 Å². The van der Waals surface area contributed by atoms with Crippen LogP contribution in [-0.2, 0) is 6.42 Å². The number of hydrogen-bond acceptors (Lipinski definition) is 3. The van der Waals surface area contributed by atoms with E-state index in [0.29, 0.717) is 0 Å². The standard InChI is InChI=1S/C17H20N2O2/c1-3-13-5-7-14(8-6-13)17(4-2)18-15-9-11-16(12-10-15)19(20)21/h5-12,17-18H,3-4H2,1-2H3. The molecule has 0 bridgehead atoms. The van der Waals surface area contributed by atoms with Crippen molar-refractivity contribution in [2.45, 2.75) is 32.7 Å². The number of nitro groups is 1. The van der Waals surface area contributed by atoms with Gasteiger partial charge in [0.2, 0.25) is 0 Å². The minimum Gasteiger partial charge on any atom is -0.378 e. The molecule has 0 aliphatic rings. The molecule has 21 heavy (non-hydrogen) atoms. The monoisotopic (exact) mass is 284 g/mol. The molecule has 110 valence electrons. The Labute approximate surface area is 125 Å². The average molecular weight is 284 g/mol. The summed E-state index contributed by atoms with van der Waals surface area (Å²) in [6.45, 7) is 4.26. The predicted octanol–water partition coefficient (Wildman–Crippen LogP) is 4.72. The molecule has 4 heteroatoms. The van der Waals surface area contributed by atoms with Gasteiger partial charge in [0.15, 0.2) is 0 Å².